The lowest BCUT2D eigenvalue weighted by Gasteiger charge is -2.13. The molecule has 0 spiro atoms. The lowest BCUT2D eigenvalue weighted by Crippen LogP contribution is -2.17. The van der Waals surface area contributed by atoms with Crippen molar-refractivity contribution in [3.05, 3.63) is 32.7 Å². The third-order valence-corrected chi connectivity index (χ3v) is 3.22. The van der Waals surface area contributed by atoms with Crippen LogP contribution in [0, 0.1) is 10.1 Å². The van der Waals surface area contributed by atoms with Gasteiger partial charge in [-0.05, 0) is 29.5 Å². The van der Waals surface area contributed by atoms with E-state index in [0.717, 1.165) is 6.07 Å². The molecule has 0 radical (unpaired) electrons. The van der Waals surface area contributed by atoms with Crippen LogP contribution in [0.3, 0.4) is 0 Å². The largest absolute Gasteiger partial charge is 0.865 e. The smallest absolute Gasteiger partial charge is 0.290 e. The molecular formula is C11H7N2O6S-. The highest BCUT2D eigenvalue weighted by molar-refractivity contribution is 8.18. The number of carbonyl (C=O) groups is 2. The number of benzene rings is 1. The van der Waals surface area contributed by atoms with Gasteiger partial charge in [-0.1, -0.05) is 0 Å². The van der Waals surface area contributed by atoms with Gasteiger partial charge in [0.05, 0.1) is 16.9 Å². The fourth-order valence-electron chi connectivity index (χ4n) is 1.55. The highest BCUT2D eigenvalue weighted by atomic mass is 32.2. The number of methoxy groups -OCH3 is 1. The molecule has 8 nitrogen and oxygen atoms in total. The Morgan fingerprint density at radius 1 is 1.40 bits per heavy atom. The molecule has 0 aromatic heterocycles. The first-order valence-corrected chi connectivity index (χ1v) is 6.02. The summed E-state index contributed by atoms with van der Waals surface area (Å²) in [4.78, 5) is 32.4. The van der Waals surface area contributed by atoms with Crippen molar-refractivity contribution >= 4 is 34.7 Å². The summed E-state index contributed by atoms with van der Waals surface area (Å²) in [6, 6.07) is 2.29. The summed E-state index contributed by atoms with van der Waals surface area (Å²) in [6.45, 7) is 0. The quantitative estimate of drug-likeness (QED) is 0.501. The zero-order chi connectivity index (χ0) is 14.9. The second-order valence-corrected chi connectivity index (χ2v) is 4.70. The second kappa shape index (κ2) is 5.21. The van der Waals surface area contributed by atoms with Crippen LogP contribution in [0.25, 0.3) is 6.08 Å². The minimum absolute atomic E-state index is 0.0880. The zero-order valence-electron chi connectivity index (χ0n) is 10.0. The molecule has 1 aromatic carbocycles. The predicted octanol–water partition coefficient (Wildman–Crippen LogP) is 1.00. The minimum atomic E-state index is -0.848. The fourth-order valence-corrected chi connectivity index (χ4v) is 2.23. The zero-order valence-corrected chi connectivity index (χ0v) is 10.9. The van der Waals surface area contributed by atoms with Gasteiger partial charge in [0.25, 0.3) is 16.8 Å². The van der Waals surface area contributed by atoms with Crippen molar-refractivity contribution in [3.8, 4) is 11.5 Å². The number of hydrogen-bond donors (Lipinski definition) is 1. The number of thioether (sulfide) groups is 1. The van der Waals surface area contributed by atoms with Crippen molar-refractivity contribution in [2.24, 2.45) is 0 Å². The third kappa shape index (κ3) is 2.57. The van der Waals surface area contributed by atoms with Crippen molar-refractivity contribution in [1.82, 2.24) is 5.32 Å². The topological polar surface area (TPSA) is 122 Å². The number of amides is 2. The number of nitro groups is 1. The van der Waals surface area contributed by atoms with Crippen LogP contribution in [-0.4, -0.2) is 23.2 Å². The Kier molecular flexibility index (Phi) is 3.61. The van der Waals surface area contributed by atoms with Crippen molar-refractivity contribution in [2.45, 2.75) is 0 Å². The Hall–Kier alpha value is -2.55. The monoisotopic (exact) mass is 295 g/mol. The molecule has 0 bridgehead atoms. The number of rotatable bonds is 3. The molecule has 20 heavy (non-hydrogen) atoms. The number of nitrogens with zero attached hydrogens (tertiary/aromatic N) is 1. The van der Waals surface area contributed by atoms with E-state index < -0.39 is 27.5 Å². The molecule has 0 atom stereocenters. The molecule has 104 valence electrons. The number of hydrogen-bond acceptors (Lipinski definition) is 7. The molecule has 1 aromatic rings. The lowest BCUT2D eigenvalue weighted by molar-refractivity contribution is -0.398. The Balaban J connectivity index is 2.50. The third-order valence-electron chi connectivity index (χ3n) is 2.41. The van der Waals surface area contributed by atoms with Crippen LogP contribution >= 0.6 is 11.8 Å². The van der Waals surface area contributed by atoms with Crippen LogP contribution in [0.15, 0.2) is 17.0 Å². The normalized spacial score (nSPS) is 16.4. The average molecular weight is 295 g/mol. The van der Waals surface area contributed by atoms with Gasteiger partial charge < -0.3 is 9.84 Å². The molecule has 0 saturated carbocycles. The highest BCUT2D eigenvalue weighted by Gasteiger charge is 2.25. The number of imide groups is 1. The van der Waals surface area contributed by atoms with Crippen LogP contribution in [0.1, 0.15) is 5.56 Å². The van der Waals surface area contributed by atoms with Gasteiger partial charge in [0.1, 0.15) is 5.75 Å². The number of nitrogens with one attached hydrogen (secondary N) is 1. The molecule has 2 amide bonds. The molecule has 0 unspecified atom stereocenters. The molecule has 1 aliphatic rings. The van der Waals surface area contributed by atoms with Gasteiger partial charge in [0, 0.05) is 11.8 Å². The fraction of sp³-hybridized carbons (Fsp3) is 0.0909. The van der Waals surface area contributed by atoms with E-state index in [2.05, 4.69) is 5.32 Å². The highest BCUT2D eigenvalue weighted by Crippen LogP contribution is 2.36. The van der Waals surface area contributed by atoms with E-state index in [1.165, 1.54) is 19.3 Å². The van der Waals surface area contributed by atoms with Gasteiger partial charge in [-0.25, -0.2) is 0 Å². The molecule has 1 N–H and O–H groups in total. The van der Waals surface area contributed by atoms with Gasteiger partial charge in [0.2, 0.25) is 0 Å². The summed E-state index contributed by atoms with van der Waals surface area (Å²) in [5.74, 6) is -1.65. The molecule has 1 saturated heterocycles. The van der Waals surface area contributed by atoms with E-state index in [1.807, 2.05) is 0 Å². The molecule has 2 rings (SSSR count). The lowest BCUT2D eigenvalue weighted by atomic mass is 10.1. The summed E-state index contributed by atoms with van der Waals surface area (Å²) in [5.41, 5.74) is -0.438. The summed E-state index contributed by atoms with van der Waals surface area (Å²) < 4.78 is 4.77. The maximum Gasteiger partial charge on any atom is 0.290 e. The maximum atomic E-state index is 11.6. The molecule has 1 fully saturated rings. The van der Waals surface area contributed by atoms with E-state index >= 15 is 0 Å². The first-order valence-electron chi connectivity index (χ1n) is 5.20. The van der Waals surface area contributed by atoms with Gasteiger partial charge in [-0.2, -0.15) is 0 Å². The van der Waals surface area contributed by atoms with E-state index in [1.54, 1.807) is 0 Å². The summed E-state index contributed by atoms with van der Waals surface area (Å²) in [6.07, 6.45) is 1.28. The van der Waals surface area contributed by atoms with Crippen molar-refractivity contribution < 1.29 is 24.4 Å². The number of nitro benzene ring substituents is 1. The SMILES string of the molecule is COc1cc(/C=C2\SC(=O)NC2=O)cc([N+](=O)[O-])c1[O-]. The predicted molar refractivity (Wildman–Crippen MR) is 68.2 cm³/mol. The van der Waals surface area contributed by atoms with Crippen molar-refractivity contribution in [3.63, 3.8) is 0 Å². The summed E-state index contributed by atoms with van der Waals surface area (Å²) in [5, 5.41) is 23.9. The van der Waals surface area contributed by atoms with E-state index in [0.29, 0.717) is 11.8 Å². The molecule has 1 aliphatic heterocycles. The summed E-state index contributed by atoms with van der Waals surface area (Å²) in [7, 11) is 1.21. The van der Waals surface area contributed by atoms with E-state index in [9.17, 15) is 24.8 Å². The van der Waals surface area contributed by atoms with Gasteiger partial charge >= 0.3 is 0 Å². The van der Waals surface area contributed by atoms with Crippen LogP contribution < -0.4 is 15.2 Å². The first-order chi connectivity index (χ1) is 9.42. The Labute approximate surface area is 116 Å². The average Bonchev–Trinajstić information content (AvgIpc) is 2.69. The van der Waals surface area contributed by atoms with Crippen LogP contribution in [0.2, 0.25) is 0 Å². The second-order valence-electron chi connectivity index (χ2n) is 3.68. The number of carbonyl (C=O) groups excluding carboxylic acids is 2. The van der Waals surface area contributed by atoms with Crippen LogP contribution in [0.4, 0.5) is 10.5 Å². The molecule has 9 heteroatoms. The van der Waals surface area contributed by atoms with Gasteiger partial charge in [-0.15, -0.1) is 0 Å². The van der Waals surface area contributed by atoms with Gasteiger partial charge in [0.15, 0.2) is 0 Å². The number of ether oxygens (including phenoxy) is 1. The summed E-state index contributed by atoms with van der Waals surface area (Å²) >= 11 is 0.673. The van der Waals surface area contributed by atoms with Crippen LogP contribution in [-0.2, 0) is 4.79 Å². The Morgan fingerprint density at radius 3 is 2.60 bits per heavy atom. The molecule has 1 heterocycles. The van der Waals surface area contributed by atoms with Gasteiger partial charge in [-0.3, -0.25) is 25.0 Å². The van der Waals surface area contributed by atoms with E-state index in [-0.39, 0.29) is 16.2 Å². The van der Waals surface area contributed by atoms with Crippen molar-refractivity contribution in [2.75, 3.05) is 7.11 Å². The molecular weight excluding hydrogens is 288 g/mol. The van der Waals surface area contributed by atoms with E-state index in [4.69, 9.17) is 4.74 Å². The first kappa shape index (κ1) is 13.9. The maximum absolute atomic E-state index is 11.6. The van der Waals surface area contributed by atoms with Crippen molar-refractivity contribution in [1.29, 1.82) is 0 Å². The molecule has 0 aliphatic carbocycles. The standard InChI is InChI=1S/C11H8N2O6S/c1-19-7-3-5(2-6(9(7)14)13(17)18)4-8-10(15)12-11(16)20-8/h2-4,14H,1H3,(H,12,15,16)/p-1/b8-4-. The minimum Gasteiger partial charge on any atom is -0.865 e. The Morgan fingerprint density at radius 2 is 2.10 bits per heavy atom. The Bertz CT molecular complexity index is 655. The van der Waals surface area contributed by atoms with Crippen LogP contribution in [0.5, 0.6) is 11.5 Å².